The first-order chi connectivity index (χ1) is 16.2. The number of likely N-dealkylation sites (N-methyl/N-ethyl adjacent to an activating group) is 2. The first-order valence-corrected chi connectivity index (χ1v) is 14.4. The van der Waals surface area contributed by atoms with Gasteiger partial charge in [0.05, 0.1) is 22.4 Å². The molecule has 2 aromatic heterocycles. The van der Waals surface area contributed by atoms with Gasteiger partial charge in [0.1, 0.15) is 0 Å². The predicted octanol–water partition coefficient (Wildman–Crippen LogP) is 7.04. The molecule has 0 unspecified atom stereocenters. The van der Waals surface area contributed by atoms with Crippen LogP contribution in [0, 0.1) is 0 Å². The maximum absolute atomic E-state index is 4.80. The number of para-hydroxylation sites is 2. The molecule has 2 heterocycles. The molecule has 1 aliphatic carbocycles. The molecular weight excluding hydrogens is 494 g/mol. The summed E-state index contributed by atoms with van der Waals surface area (Å²) < 4.78 is 0. The summed E-state index contributed by atoms with van der Waals surface area (Å²) in [6.45, 7) is 0. The Morgan fingerprint density at radius 3 is 1.52 bits per heavy atom. The van der Waals surface area contributed by atoms with Gasteiger partial charge in [-0.2, -0.15) is 0 Å². The van der Waals surface area contributed by atoms with Crippen molar-refractivity contribution in [2.75, 3.05) is 23.9 Å². The number of hydrogen-bond donors (Lipinski definition) is 0. The Balaban J connectivity index is 0.000000821. The molecule has 0 bridgehead atoms. The Morgan fingerprint density at radius 2 is 1.09 bits per heavy atom. The first-order valence-electron chi connectivity index (χ1n) is 11.2. The van der Waals surface area contributed by atoms with Crippen LogP contribution in [0.3, 0.4) is 0 Å². The van der Waals surface area contributed by atoms with Crippen molar-refractivity contribution in [2.45, 2.75) is 37.8 Å². The molecule has 0 aliphatic heterocycles. The number of benzene rings is 2. The van der Waals surface area contributed by atoms with Crippen molar-refractivity contribution in [3.05, 3.63) is 73.1 Å². The number of rotatable bonds is 4. The molecule has 4 aromatic rings. The molecule has 1 aliphatic rings. The van der Waals surface area contributed by atoms with Crippen molar-refractivity contribution in [1.29, 1.82) is 0 Å². The number of fused-ring (bicyclic) bond motifs is 2. The molecule has 1 saturated carbocycles. The van der Waals surface area contributed by atoms with Gasteiger partial charge < -0.3 is 9.80 Å². The summed E-state index contributed by atoms with van der Waals surface area (Å²) >= 11 is 0.00694. The van der Waals surface area contributed by atoms with Crippen molar-refractivity contribution in [3.63, 3.8) is 0 Å². The normalized spacial score (nSPS) is 17.9. The fourth-order valence-electron chi connectivity index (χ4n) is 5.10. The zero-order valence-electron chi connectivity index (χ0n) is 18.8. The van der Waals surface area contributed by atoms with Gasteiger partial charge in [0, 0.05) is 49.3 Å². The van der Waals surface area contributed by atoms with Crippen LogP contribution < -0.4 is 9.80 Å². The third kappa shape index (κ3) is 5.22. The summed E-state index contributed by atoms with van der Waals surface area (Å²) in [5.74, 6) is 0. The average Bonchev–Trinajstić information content (AvgIpc) is 2.87. The van der Waals surface area contributed by atoms with Crippen LogP contribution in [0.15, 0.2) is 73.1 Å². The van der Waals surface area contributed by atoms with Gasteiger partial charge in [0.15, 0.2) is 0 Å². The molecule has 0 amide bonds. The molecule has 1 fully saturated rings. The van der Waals surface area contributed by atoms with Gasteiger partial charge in [-0.25, -0.2) is 0 Å². The number of nitrogens with zero attached hydrogens (tertiary/aromatic N) is 4. The number of hydrogen-bond acceptors (Lipinski definition) is 4. The molecule has 2 atom stereocenters. The molecule has 2 aromatic carbocycles. The molecule has 0 radical (unpaired) electrons. The zero-order chi connectivity index (χ0) is 23.2. The first kappa shape index (κ1) is 24.1. The molecule has 0 N–H and O–H groups in total. The van der Waals surface area contributed by atoms with Gasteiger partial charge in [-0.1, -0.05) is 49.2 Å². The average molecular weight is 522 g/mol. The van der Waals surface area contributed by atoms with E-state index in [0.717, 1.165) is 11.0 Å². The van der Waals surface area contributed by atoms with Crippen LogP contribution >= 0.6 is 20.2 Å². The zero-order valence-corrected chi connectivity index (χ0v) is 21.5. The second-order valence-electron chi connectivity index (χ2n) is 8.40. The molecule has 5 rings (SSSR count). The van der Waals surface area contributed by atoms with E-state index in [2.05, 4.69) is 72.4 Å². The molecule has 0 saturated heterocycles. The van der Waals surface area contributed by atoms with Gasteiger partial charge in [-0.15, -0.1) is 0 Å². The number of halogens is 2. The number of pyridine rings is 2. The van der Waals surface area contributed by atoms with Crippen LogP contribution in [0.25, 0.3) is 21.8 Å². The Morgan fingerprint density at radius 1 is 0.697 bits per heavy atom. The monoisotopic (exact) mass is 521 g/mol. The summed E-state index contributed by atoms with van der Waals surface area (Å²) in [6, 6.07) is 22.2. The SMILES string of the molecule is CN(c1cccc2cccnc12)[C@H]1CCCC[C@@H]1N(C)c1cccc2cccnc12.[Cl][Mn][Cl]. The Bertz CT molecular complexity index is 1100. The third-order valence-electron chi connectivity index (χ3n) is 6.67. The summed E-state index contributed by atoms with van der Waals surface area (Å²) in [5, 5.41) is 2.39. The summed E-state index contributed by atoms with van der Waals surface area (Å²) in [6.07, 6.45) is 8.70. The van der Waals surface area contributed by atoms with Gasteiger partial charge in [0.25, 0.3) is 0 Å². The van der Waals surface area contributed by atoms with E-state index in [1.807, 2.05) is 24.5 Å². The van der Waals surface area contributed by atoms with Gasteiger partial charge in [0.2, 0.25) is 0 Å². The molecule has 4 nitrogen and oxygen atoms in total. The van der Waals surface area contributed by atoms with Gasteiger partial charge in [-0.05, 0) is 37.1 Å². The van der Waals surface area contributed by atoms with E-state index >= 15 is 0 Å². The van der Waals surface area contributed by atoms with Crippen molar-refractivity contribution in [3.8, 4) is 0 Å². The molecule has 173 valence electrons. The summed E-state index contributed by atoms with van der Waals surface area (Å²) in [4.78, 5) is 14.3. The predicted molar refractivity (Wildman–Crippen MR) is 138 cm³/mol. The van der Waals surface area contributed by atoms with E-state index < -0.39 is 0 Å². The van der Waals surface area contributed by atoms with E-state index in [-0.39, 0.29) is 13.1 Å². The fraction of sp³-hybridized carbons (Fsp3) is 0.308. The molecule has 0 spiro atoms. The summed E-state index contributed by atoms with van der Waals surface area (Å²) in [5.41, 5.74) is 4.60. The quantitative estimate of drug-likeness (QED) is 0.269. The molecule has 33 heavy (non-hydrogen) atoms. The van der Waals surface area contributed by atoms with E-state index in [4.69, 9.17) is 30.2 Å². The van der Waals surface area contributed by atoms with E-state index in [1.54, 1.807) is 0 Å². The molecule has 7 heteroatoms. The Hall–Kier alpha value is -2.04. The third-order valence-corrected chi connectivity index (χ3v) is 6.67. The fourth-order valence-corrected chi connectivity index (χ4v) is 5.10. The second kappa shape index (κ2) is 11.4. The van der Waals surface area contributed by atoms with Gasteiger partial charge in [-0.3, -0.25) is 9.97 Å². The minimum absolute atomic E-state index is 0.00694. The van der Waals surface area contributed by atoms with Crippen molar-refractivity contribution < 1.29 is 13.1 Å². The van der Waals surface area contributed by atoms with Crippen LogP contribution in [0.1, 0.15) is 25.7 Å². The number of anilines is 2. The van der Waals surface area contributed by atoms with E-state index in [9.17, 15) is 0 Å². The van der Waals surface area contributed by atoms with Crippen molar-refractivity contribution >= 4 is 53.4 Å². The van der Waals surface area contributed by atoms with Crippen LogP contribution in [-0.2, 0) is 13.1 Å². The van der Waals surface area contributed by atoms with Crippen LogP contribution in [0.4, 0.5) is 11.4 Å². The molecular formula is C26H28Cl2MnN4. The van der Waals surface area contributed by atoms with Crippen molar-refractivity contribution in [2.24, 2.45) is 0 Å². The Kier molecular flexibility index (Phi) is 8.32. The van der Waals surface area contributed by atoms with Crippen LogP contribution in [-0.4, -0.2) is 36.1 Å². The van der Waals surface area contributed by atoms with E-state index in [0.29, 0.717) is 12.1 Å². The minimum atomic E-state index is 0.00694. The standard InChI is InChI=1S/C26H28N4.2ClH.Mn/c1-29(23-15-5-9-19-11-7-17-27-25(19)23)21-13-3-4-14-22(21)30(2)24-16-6-10-20-12-8-18-28-26(20)24;;;/h5-12,15-18,21-22H,3-4,13-14H2,1-2H3;2*1H;/q;;;+2/p-2/t21-,22-;;;/m0.../s1. The second-order valence-corrected chi connectivity index (χ2v) is 10.3. The van der Waals surface area contributed by atoms with Crippen molar-refractivity contribution in [1.82, 2.24) is 9.97 Å². The van der Waals surface area contributed by atoms with Crippen LogP contribution in [0.2, 0.25) is 0 Å². The maximum atomic E-state index is 4.80. The summed E-state index contributed by atoms with van der Waals surface area (Å²) in [7, 11) is 14.1. The Labute approximate surface area is 210 Å². The topological polar surface area (TPSA) is 32.3 Å². The van der Waals surface area contributed by atoms with E-state index in [1.165, 1.54) is 47.8 Å². The number of aromatic nitrogens is 2. The van der Waals surface area contributed by atoms with Crippen LogP contribution in [0.5, 0.6) is 0 Å². The van der Waals surface area contributed by atoms with Gasteiger partial charge >= 0.3 is 33.3 Å².